The highest BCUT2D eigenvalue weighted by Crippen LogP contribution is 2.16. The van der Waals surface area contributed by atoms with Gasteiger partial charge in [-0.15, -0.1) is 0 Å². The fourth-order valence-corrected chi connectivity index (χ4v) is 1.54. The Kier molecular flexibility index (Phi) is 2.73. The second-order valence-corrected chi connectivity index (χ2v) is 4.04. The zero-order valence-electron chi connectivity index (χ0n) is 7.82. The highest BCUT2D eigenvalue weighted by molar-refractivity contribution is 9.10. The lowest BCUT2D eigenvalue weighted by molar-refractivity contribution is 0.613. The second-order valence-electron chi connectivity index (χ2n) is 3.19. The molecule has 0 spiro atoms. The fourth-order valence-electron chi connectivity index (χ4n) is 1.29. The van der Waals surface area contributed by atoms with E-state index in [9.17, 15) is 4.39 Å². The molecule has 2 aromatic rings. The van der Waals surface area contributed by atoms with E-state index in [2.05, 4.69) is 21.0 Å². The molecule has 0 aliphatic heterocycles. The minimum Gasteiger partial charge on any atom is -0.382 e. The predicted molar refractivity (Wildman–Crippen MR) is 59.8 cm³/mol. The number of hydrogen-bond donors (Lipinski definition) is 1. The monoisotopic (exact) mass is 269 g/mol. The summed E-state index contributed by atoms with van der Waals surface area (Å²) in [7, 11) is 0. The molecule has 0 saturated heterocycles. The smallest absolute Gasteiger partial charge is 0.145 e. The van der Waals surface area contributed by atoms with Gasteiger partial charge in [-0.3, -0.25) is 4.68 Å². The van der Waals surface area contributed by atoms with Crippen molar-refractivity contribution in [1.82, 2.24) is 9.78 Å². The van der Waals surface area contributed by atoms with Crippen LogP contribution < -0.4 is 5.73 Å². The van der Waals surface area contributed by atoms with E-state index in [4.69, 9.17) is 5.73 Å². The summed E-state index contributed by atoms with van der Waals surface area (Å²) in [5, 5.41) is 4.02. The van der Waals surface area contributed by atoms with Gasteiger partial charge in [0.25, 0.3) is 0 Å². The summed E-state index contributed by atoms with van der Waals surface area (Å²) < 4.78 is 15.3. The van der Waals surface area contributed by atoms with E-state index in [0.29, 0.717) is 16.8 Å². The van der Waals surface area contributed by atoms with Crippen molar-refractivity contribution in [3.8, 4) is 0 Å². The molecule has 1 heterocycles. The number of benzene rings is 1. The molecule has 1 aromatic carbocycles. The zero-order valence-corrected chi connectivity index (χ0v) is 9.41. The highest BCUT2D eigenvalue weighted by Gasteiger charge is 2.02. The zero-order chi connectivity index (χ0) is 10.8. The van der Waals surface area contributed by atoms with E-state index in [-0.39, 0.29) is 5.82 Å². The second kappa shape index (κ2) is 4.02. The SMILES string of the molecule is Nc1ccn(Cc2ccc(Br)c(F)c2)n1. The Balaban J connectivity index is 2.21. The lowest BCUT2D eigenvalue weighted by Gasteiger charge is -2.02. The Labute approximate surface area is 94.8 Å². The maximum Gasteiger partial charge on any atom is 0.145 e. The van der Waals surface area contributed by atoms with Crippen molar-refractivity contribution in [2.75, 3.05) is 5.73 Å². The first-order chi connectivity index (χ1) is 7.15. The summed E-state index contributed by atoms with van der Waals surface area (Å²) in [6.07, 6.45) is 1.76. The van der Waals surface area contributed by atoms with Crippen LogP contribution in [-0.4, -0.2) is 9.78 Å². The third-order valence-corrected chi connectivity index (χ3v) is 2.63. The summed E-state index contributed by atoms with van der Waals surface area (Å²) in [5.41, 5.74) is 6.32. The first-order valence-electron chi connectivity index (χ1n) is 4.38. The molecular weight excluding hydrogens is 261 g/mol. The van der Waals surface area contributed by atoms with Crippen molar-refractivity contribution < 1.29 is 4.39 Å². The molecule has 0 bridgehead atoms. The van der Waals surface area contributed by atoms with Gasteiger partial charge in [0.15, 0.2) is 0 Å². The molecule has 0 amide bonds. The fraction of sp³-hybridized carbons (Fsp3) is 0.100. The van der Waals surface area contributed by atoms with E-state index in [1.54, 1.807) is 23.0 Å². The number of anilines is 1. The average molecular weight is 270 g/mol. The van der Waals surface area contributed by atoms with Crippen molar-refractivity contribution in [1.29, 1.82) is 0 Å². The molecule has 78 valence electrons. The van der Waals surface area contributed by atoms with Crippen LogP contribution >= 0.6 is 15.9 Å². The number of aromatic nitrogens is 2. The summed E-state index contributed by atoms with van der Waals surface area (Å²) >= 11 is 3.10. The van der Waals surface area contributed by atoms with E-state index >= 15 is 0 Å². The van der Waals surface area contributed by atoms with Crippen molar-refractivity contribution in [3.63, 3.8) is 0 Å². The minimum atomic E-state index is -0.271. The van der Waals surface area contributed by atoms with Gasteiger partial charge in [0.05, 0.1) is 11.0 Å². The van der Waals surface area contributed by atoms with E-state index in [0.717, 1.165) is 5.56 Å². The van der Waals surface area contributed by atoms with Crippen LogP contribution in [0.3, 0.4) is 0 Å². The largest absolute Gasteiger partial charge is 0.382 e. The lowest BCUT2D eigenvalue weighted by Crippen LogP contribution is -2.01. The van der Waals surface area contributed by atoms with Gasteiger partial charge >= 0.3 is 0 Å². The van der Waals surface area contributed by atoms with Crippen molar-refractivity contribution in [2.45, 2.75) is 6.54 Å². The number of halogens is 2. The normalized spacial score (nSPS) is 10.5. The third-order valence-electron chi connectivity index (χ3n) is 1.99. The Morgan fingerprint density at radius 3 is 2.80 bits per heavy atom. The average Bonchev–Trinajstić information content (AvgIpc) is 2.58. The Hall–Kier alpha value is -1.36. The molecular formula is C10H9BrFN3. The van der Waals surface area contributed by atoms with Gasteiger partial charge in [-0.2, -0.15) is 5.10 Å². The molecule has 0 aliphatic carbocycles. The molecule has 0 atom stereocenters. The molecule has 15 heavy (non-hydrogen) atoms. The maximum absolute atomic E-state index is 13.2. The van der Waals surface area contributed by atoms with Gasteiger partial charge in [-0.1, -0.05) is 6.07 Å². The van der Waals surface area contributed by atoms with Gasteiger partial charge in [0.2, 0.25) is 0 Å². The number of nitrogens with zero attached hydrogens (tertiary/aromatic N) is 2. The first-order valence-corrected chi connectivity index (χ1v) is 5.17. The van der Waals surface area contributed by atoms with E-state index in [1.165, 1.54) is 6.07 Å². The molecule has 2 N–H and O–H groups in total. The molecule has 0 aliphatic rings. The predicted octanol–water partition coefficient (Wildman–Crippen LogP) is 2.42. The molecule has 0 radical (unpaired) electrons. The van der Waals surface area contributed by atoms with Crippen LogP contribution in [0.1, 0.15) is 5.56 Å². The Morgan fingerprint density at radius 1 is 1.40 bits per heavy atom. The molecule has 0 unspecified atom stereocenters. The van der Waals surface area contributed by atoms with Gasteiger partial charge in [0, 0.05) is 6.20 Å². The van der Waals surface area contributed by atoms with Crippen LogP contribution in [0.15, 0.2) is 34.9 Å². The summed E-state index contributed by atoms with van der Waals surface area (Å²) in [4.78, 5) is 0. The molecule has 2 rings (SSSR count). The Bertz CT molecular complexity index is 481. The van der Waals surface area contributed by atoms with E-state index < -0.39 is 0 Å². The first kappa shape index (κ1) is 10.2. The lowest BCUT2D eigenvalue weighted by atomic mass is 10.2. The van der Waals surface area contributed by atoms with Crippen LogP contribution in [0.2, 0.25) is 0 Å². The topological polar surface area (TPSA) is 43.8 Å². The molecule has 3 nitrogen and oxygen atoms in total. The standard InChI is InChI=1S/C10H9BrFN3/c11-8-2-1-7(5-9(8)12)6-15-4-3-10(13)14-15/h1-5H,6H2,(H2,13,14). The van der Waals surface area contributed by atoms with Gasteiger partial charge in [-0.05, 0) is 39.7 Å². The third kappa shape index (κ3) is 2.36. The van der Waals surface area contributed by atoms with Gasteiger partial charge in [-0.25, -0.2) is 4.39 Å². The molecule has 1 aromatic heterocycles. The van der Waals surface area contributed by atoms with Crippen molar-refractivity contribution in [3.05, 3.63) is 46.3 Å². The number of nitrogens with two attached hydrogens (primary N) is 1. The summed E-state index contributed by atoms with van der Waals surface area (Å²) in [5.74, 6) is 0.195. The van der Waals surface area contributed by atoms with Gasteiger partial charge < -0.3 is 5.73 Å². The number of rotatable bonds is 2. The van der Waals surface area contributed by atoms with Crippen LogP contribution in [0.4, 0.5) is 10.2 Å². The summed E-state index contributed by atoms with van der Waals surface area (Å²) in [6, 6.07) is 6.69. The minimum absolute atomic E-state index is 0.271. The maximum atomic E-state index is 13.2. The van der Waals surface area contributed by atoms with Crippen molar-refractivity contribution >= 4 is 21.7 Å². The van der Waals surface area contributed by atoms with Gasteiger partial charge in [0.1, 0.15) is 11.6 Å². The number of nitrogen functional groups attached to an aromatic ring is 1. The molecule has 0 fully saturated rings. The van der Waals surface area contributed by atoms with Crippen LogP contribution in [0.5, 0.6) is 0 Å². The van der Waals surface area contributed by atoms with Crippen LogP contribution in [0, 0.1) is 5.82 Å². The molecule has 5 heteroatoms. The number of hydrogen-bond acceptors (Lipinski definition) is 2. The van der Waals surface area contributed by atoms with E-state index in [1.807, 2.05) is 6.07 Å². The quantitative estimate of drug-likeness (QED) is 0.910. The Morgan fingerprint density at radius 2 is 2.20 bits per heavy atom. The summed E-state index contributed by atoms with van der Waals surface area (Å²) in [6.45, 7) is 0.515. The highest BCUT2D eigenvalue weighted by atomic mass is 79.9. The molecule has 0 saturated carbocycles. The van der Waals surface area contributed by atoms with Crippen molar-refractivity contribution in [2.24, 2.45) is 0 Å². The van der Waals surface area contributed by atoms with Crippen LogP contribution in [0.25, 0.3) is 0 Å². The van der Waals surface area contributed by atoms with Crippen LogP contribution in [-0.2, 0) is 6.54 Å².